The lowest BCUT2D eigenvalue weighted by Gasteiger charge is -2.28. The molecule has 0 aromatic heterocycles. The van der Waals surface area contributed by atoms with Crippen molar-refractivity contribution in [2.75, 3.05) is 12.0 Å². The van der Waals surface area contributed by atoms with Crippen LogP contribution in [-0.2, 0) is 4.79 Å². The van der Waals surface area contributed by atoms with E-state index >= 15 is 0 Å². The zero-order valence-electron chi connectivity index (χ0n) is 18.7. The molecule has 0 aliphatic rings. The highest BCUT2D eigenvalue weighted by Gasteiger charge is 2.24. The Labute approximate surface area is 191 Å². The largest absolute Gasteiger partial charge is 0.336 e. The molecule has 2 rings (SSSR count). The number of benzene rings is 2. The van der Waals surface area contributed by atoms with E-state index in [4.69, 9.17) is 5.41 Å². The smallest absolute Gasteiger partial charge is 0.269 e. The lowest BCUT2D eigenvalue weighted by molar-refractivity contribution is -0.122. The molecule has 9 nitrogen and oxygen atoms in total. The molecular formula is C23H27FN6O3. The van der Waals surface area contributed by atoms with Crippen molar-refractivity contribution in [2.24, 2.45) is 5.10 Å². The number of halogens is 1. The molecule has 0 saturated heterocycles. The van der Waals surface area contributed by atoms with Gasteiger partial charge in [0.1, 0.15) is 5.82 Å². The molecule has 0 fully saturated rings. The number of hydrazone groups is 1. The molecule has 33 heavy (non-hydrogen) atoms. The number of carbonyl (C=O) groups is 3. The van der Waals surface area contributed by atoms with Crippen molar-refractivity contribution in [3.63, 3.8) is 0 Å². The molecule has 4 N–H and O–H groups in total. The summed E-state index contributed by atoms with van der Waals surface area (Å²) in [5.41, 5.74) is 9.28. The van der Waals surface area contributed by atoms with E-state index in [1.54, 1.807) is 30.9 Å². The second kappa shape index (κ2) is 12.1. The van der Waals surface area contributed by atoms with Crippen molar-refractivity contribution >= 4 is 35.8 Å². The average Bonchev–Trinajstić information content (AvgIpc) is 2.79. The fourth-order valence-electron chi connectivity index (χ4n) is 3.12. The Balaban J connectivity index is 2.03. The fourth-order valence-corrected chi connectivity index (χ4v) is 3.12. The van der Waals surface area contributed by atoms with Crippen molar-refractivity contribution in [3.05, 3.63) is 65.0 Å². The van der Waals surface area contributed by atoms with E-state index in [-0.39, 0.29) is 17.9 Å². The molecule has 0 unspecified atom stereocenters. The molecular weight excluding hydrogens is 427 g/mol. The number of amides is 3. The Bertz CT molecular complexity index is 1040. The fraction of sp³-hybridized carbons (Fsp3) is 0.261. The third-order valence-electron chi connectivity index (χ3n) is 4.78. The van der Waals surface area contributed by atoms with Gasteiger partial charge in [-0.25, -0.2) is 4.39 Å². The third-order valence-corrected chi connectivity index (χ3v) is 4.78. The van der Waals surface area contributed by atoms with Gasteiger partial charge in [0.2, 0.25) is 5.91 Å². The first-order valence-electron chi connectivity index (χ1n) is 10.3. The van der Waals surface area contributed by atoms with E-state index in [1.165, 1.54) is 18.3 Å². The van der Waals surface area contributed by atoms with Crippen LogP contribution in [-0.4, -0.2) is 47.6 Å². The van der Waals surface area contributed by atoms with Crippen LogP contribution in [0.4, 0.5) is 10.1 Å². The van der Waals surface area contributed by atoms with Crippen LogP contribution in [0.5, 0.6) is 0 Å². The predicted octanol–water partition coefficient (Wildman–Crippen LogP) is 2.88. The maximum atomic E-state index is 13.2. The monoisotopic (exact) mass is 454 g/mol. The Morgan fingerprint density at radius 1 is 1.15 bits per heavy atom. The van der Waals surface area contributed by atoms with Gasteiger partial charge in [0.15, 0.2) is 0 Å². The lowest BCUT2D eigenvalue weighted by Crippen LogP contribution is -2.46. The maximum absolute atomic E-state index is 13.2. The number of hydrazine groups is 1. The van der Waals surface area contributed by atoms with Gasteiger partial charge in [-0.3, -0.25) is 30.7 Å². The van der Waals surface area contributed by atoms with Crippen LogP contribution >= 0.6 is 0 Å². The minimum absolute atomic E-state index is 0.0518. The Morgan fingerprint density at radius 2 is 1.85 bits per heavy atom. The van der Waals surface area contributed by atoms with Crippen LogP contribution < -0.4 is 16.3 Å². The zero-order valence-corrected chi connectivity index (χ0v) is 18.7. The second-order valence-electron chi connectivity index (χ2n) is 7.26. The molecule has 0 radical (unpaired) electrons. The number of hydrogen-bond acceptors (Lipinski definition) is 6. The molecule has 0 heterocycles. The number of nitrogens with one attached hydrogen (secondary N) is 4. The number of carbonyl (C=O) groups excluding carboxylic acids is 3. The number of rotatable bonds is 9. The summed E-state index contributed by atoms with van der Waals surface area (Å²) < 4.78 is 13.0. The Kier molecular flexibility index (Phi) is 9.22. The standard InChI is InChI=1S/C23H27FN6O3/c1-4-30(23(33)19-13-15(2)5-10-20(19)27-26-12-11-25)16(3)14-21(31)28-29-22(32)17-6-8-18(24)9-7-17/h5-13,16,25,27H,4,14H2,1-3H3,(H,28,31)(H,29,32)/b25-11?,26-12-/t16-/m0/s1. The summed E-state index contributed by atoms with van der Waals surface area (Å²) in [6.07, 6.45) is 2.21. The van der Waals surface area contributed by atoms with Crippen LogP contribution in [0.1, 0.15) is 46.5 Å². The van der Waals surface area contributed by atoms with Gasteiger partial charge in [-0.2, -0.15) is 5.10 Å². The van der Waals surface area contributed by atoms with Crippen LogP contribution in [0.25, 0.3) is 0 Å². The normalized spacial score (nSPS) is 11.5. The van der Waals surface area contributed by atoms with E-state index < -0.39 is 23.7 Å². The van der Waals surface area contributed by atoms with Crippen molar-refractivity contribution in [3.8, 4) is 0 Å². The number of anilines is 1. The molecule has 10 heteroatoms. The lowest BCUT2D eigenvalue weighted by atomic mass is 10.1. The van der Waals surface area contributed by atoms with Crippen LogP contribution in [0.15, 0.2) is 47.6 Å². The number of nitrogens with zero attached hydrogens (tertiary/aromatic N) is 2. The Hall–Kier alpha value is -4.08. The summed E-state index contributed by atoms with van der Waals surface area (Å²) in [7, 11) is 0. The minimum Gasteiger partial charge on any atom is -0.336 e. The van der Waals surface area contributed by atoms with Gasteiger partial charge in [-0.1, -0.05) is 11.6 Å². The van der Waals surface area contributed by atoms with E-state index in [0.717, 1.165) is 23.9 Å². The van der Waals surface area contributed by atoms with Gasteiger partial charge in [0.05, 0.1) is 17.5 Å². The molecule has 0 saturated carbocycles. The summed E-state index contributed by atoms with van der Waals surface area (Å²) in [6.45, 7) is 5.75. The number of aryl methyl sites for hydroxylation is 1. The van der Waals surface area contributed by atoms with Crippen molar-refractivity contribution < 1.29 is 18.8 Å². The molecule has 0 aliphatic heterocycles. The van der Waals surface area contributed by atoms with E-state index in [9.17, 15) is 18.8 Å². The molecule has 2 aromatic carbocycles. The van der Waals surface area contributed by atoms with Crippen molar-refractivity contribution in [1.82, 2.24) is 15.8 Å². The topological polar surface area (TPSA) is 127 Å². The number of hydrogen-bond donors (Lipinski definition) is 4. The summed E-state index contributed by atoms with van der Waals surface area (Å²) in [6, 6.07) is 9.71. The first-order chi connectivity index (χ1) is 15.8. The molecule has 0 spiro atoms. The summed E-state index contributed by atoms with van der Waals surface area (Å²) >= 11 is 0. The van der Waals surface area contributed by atoms with Gasteiger partial charge in [-0.05, 0) is 57.2 Å². The quantitative estimate of drug-likeness (QED) is 0.343. The SMILES string of the molecule is CCN(C(=O)c1cc(C)ccc1N/N=C\C=N)[C@@H](C)CC(=O)NNC(=O)c1ccc(F)cc1. The van der Waals surface area contributed by atoms with E-state index in [0.29, 0.717) is 17.8 Å². The molecule has 2 aromatic rings. The third kappa shape index (κ3) is 7.23. The first kappa shape index (κ1) is 25.2. The summed E-state index contributed by atoms with van der Waals surface area (Å²) in [4.78, 5) is 39.2. The van der Waals surface area contributed by atoms with Gasteiger partial charge < -0.3 is 10.3 Å². The molecule has 3 amide bonds. The van der Waals surface area contributed by atoms with E-state index in [2.05, 4.69) is 21.4 Å². The highest BCUT2D eigenvalue weighted by atomic mass is 19.1. The molecule has 1 atom stereocenters. The van der Waals surface area contributed by atoms with Crippen LogP contribution in [0, 0.1) is 18.2 Å². The summed E-state index contributed by atoms with van der Waals surface area (Å²) in [5.74, 6) is -1.82. The highest BCUT2D eigenvalue weighted by Crippen LogP contribution is 2.21. The van der Waals surface area contributed by atoms with Crippen molar-refractivity contribution in [2.45, 2.75) is 33.2 Å². The molecule has 174 valence electrons. The first-order valence-corrected chi connectivity index (χ1v) is 10.3. The van der Waals surface area contributed by atoms with Gasteiger partial charge in [0, 0.05) is 30.8 Å². The highest BCUT2D eigenvalue weighted by molar-refractivity contribution is 6.14. The molecule has 0 aliphatic carbocycles. The van der Waals surface area contributed by atoms with Gasteiger partial charge in [0.25, 0.3) is 11.8 Å². The van der Waals surface area contributed by atoms with Gasteiger partial charge >= 0.3 is 0 Å². The predicted molar refractivity (Wildman–Crippen MR) is 125 cm³/mol. The zero-order chi connectivity index (χ0) is 24.4. The van der Waals surface area contributed by atoms with Crippen molar-refractivity contribution in [1.29, 1.82) is 5.41 Å². The summed E-state index contributed by atoms with van der Waals surface area (Å²) in [5, 5.41) is 10.9. The maximum Gasteiger partial charge on any atom is 0.269 e. The average molecular weight is 455 g/mol. The van der Waals surface area contributed by atoms with Crippen LogP contribution in [0.2, 0.25) is 0 Å². The van der Waals surface area contributed by atoms with Crippen LogP contribution in [0.3, 0.4) is 0 Å². The van der Waals surface area contributed by atoms with Gasteiger partial charge in [-0.15, -0.1) is 0 Å². The second-order valence-corrected chi connectivity index (χ2v) is 7.26. The minimum atomic E-state index is -0.583. The Morgan fingerprint density at radius 3 is 2.48 bits per heavy atom. The van der Waals surface area contributed by atoms with E-state index in [1.807, 2.05) is 13.0 Å². The molecule has 0 bridgehead atoms.